The Kier molecular flexibility index (Phi) is 8.21. The number of hydrazine groups is 1. The van der Waals surface area contributed by atoms with Crippen molar-refractivity contribution in [3.05, 3.63) is 56.5 Å². The van der Waals surface area contributed by atoms with Crippen molar-refractivity contribution in [3.8, 4) is 5.75 Å². The van der Waals surface area contributed by atoms with E-state index in [4.69, 9.17) is 4.74 Å². The van der Waals surface area contributed by atoms with Gasteiger partial charge < -0.3 is 10.1 Å². The summed E-state index contributed by atoms with van der Waals surface area (Å²) in [6.07, 6.45) is 0. The summed E-state index contributed by atoms with van der Waals surface area (Å²) in [4.78, 5) is 35.8. The summed E-state index contributed by atoms with van der Waals surface area (Å²) in [6.45, 7) is 5.18. The Morgan fingerprint density at radius 2 is 1.69 bits per heavy atom. The van der Waals surface area contributed by atoms with E-state index in [0.29, 0.717) is 21.5 Å². The molecule has 154 valence electrons. The summed E-state index contributed by atoms with van der Waals surface area (Å²) in [6, 6.07) is 10.0. The third-order valence-electron chi connectivity index (χ3n) is 3.80. The molecule has 0 radical (unpaired) electrons. The number of halogens is 2. The third-order valence-corrected chi connectivity index (χ3v) is 4.84. The Hall–Kier alpha value is -2.39. The number of ether oxygens (including phenoxy) is 1. The molecule has 0 aliphatic heterocycles. The molecule has 29 heavy (non-hydrogen) atoms. The lowest BCUT2D eigenvalue weighted by atomic mass is 10.1. The van der Waals surface area contributed by atoms with E-state index in [9.17, 15) is 14.4 Å². The molecule has 0 fully saturated rings. The number of carbonyl (C=O) groups is 3. The van der Waals surface area contributed by atoms with Gasteiger partial charge in [-0.05, 0) is 64.8 Å². The van der Waals surface area contributed by atoms with Gasteiger partial charge in [-0.3, -0.25) is 25.2 Å². The Morgan fingerprint density at radius 3 is 2.28 bits per heavy atom. The number of hydrogen-bond donors (Lipinski definition) is 3. The van der Waals surface area contributed by atoms with Gasteiger partial charge in [-0.2, -0.15) is 0 Å². The quantitative estimate of drug-likeness (QED) is 0.496. The molecule has 0 aromatic heterocycles. The van der Waals surface area contributed by atoms with Crippen LogP contribution in [0, 0.1) is 12.8 Å². The fourth-order valence-electron chi connectivity index (χ4n) is 2.24. The summed E-state index contributed by atoms with van der Waals surface area (Å²) in [7, 11) is 0. The van der Waals surface area contributed by atoms with Gasteiger partial charge in [0.25, 0.3) is 11.8 Å². The summed E-state index contributed by atoms with van der Waals surface area (Å²) < 4.78 is 7.13. The lowest BCUT2D eigenvalue weighted by molar-refractivity contribution is -0.124. The van der Waals surface area contributed by atoms with Crippen molar-refractivity contribution in [2.75, 3.05) is 11.9 Å². The van der Waals surface area contributed by atoms with Crippen LogP contribution in [0.2, 0.25) is 0 Å². The molecule has 0 atom stereocenters. The van der Waals surface area contributed by atoms with Crippen molar-refractivity contribution in [2.45, 2.75) is 20.8 Å². The molecule has 2 rings (SSSR count). The van der Waals surface area contributed by atoms with Gasteiger partial charge in [-0.1, -0.05) is 29.8 Å². The van der Waals surface area contributed by atoms with Crippen molar-refractivity contribution in [1.82, 2.24) is 10.9 Å². The third kappa shape index (κ3) is 6.86. The van der Waals surface area contributed by atoms with E-state index >= 15 is 0 Å². The summed E-state index contributed by atoms with van der Waals surface area (Å²) in [5.74, 6) is -0.692. The number of hydrogen-bond acceptors (Lipinski definition) is 4. The topological polar surface area (TPSA) is 96.5 Å². The second kappa shape index (κ2) is 10.4. The molecule has 0 unspecified atom stereocenters. The maximum atomic E-state index is 12.1. The van der Waals surface area contributed by atoms with Gasteiger partial charge in [0.15, 0.2) is 6.61 Å². The first kappa shape index (κ1) is 22.9. The van der Waals surface area contributed by atoms with Gasteiger partial charge in [0.05, 0.1) is 4.47 Å². The van der Waals surface area contributed by atoms with Crippen LogP contribution in [-0.4, -0.2) is 24.3 Å². The normalized spacial score (nSPS) is 10.4. The average molecular weight is 527 g/mol. The minimum atomic E-state index is -0.506. The van der Waals surface area contributed by atoms with E-state index in [1.165, 1.54) is 0 Å². The predicted octanol–water partition coefficient (Wildman–Crippen LogP) is 3.95. The number of nitrogens with one attached hydrogen (secondary N) is 3. The summed E-state index contributed by atoms with van der Waals surface area (Å²) >= 11 is 6.77. The maximum Gasteiger partial charge on any atom is 0.276 e. The number of carbonyl (C=O) groups excluding carboxylic acids is 3. The highest BCUT2D eigenvalue weighted by Gasteiger charge is 2.12. The standard InChI is InChI=1S/C20H21Br2N3O4/c1-11(2)19(27)23-15-6-4-13(5-7-15)20(28)25-24-17(26)10-29-18-12(3)8-14(21)9-16(18)22/h4-9,11H,10H2,1-3H3,(H,23,27)(H,24,26)(H,25,28). The van der Waals surface area contributed by atoms with Crippen molar-refractivity contribution < 1.29 is 19.1 Å². The van der Waals surface area contributed by atoms with E-state index < -0.39 is 11.8 Å². The van der Waals surface area contributed by atoms with Gasteiger partial charge in [-0.25, -0.2) is 0 Å². The van der Waals surface area contributed by atoms with Crippen molar-refractivity contribution in [2.24, 2.45) is 5.92 Å². The molecule has 2 aromatic rings. The number of rotatable bonds is 6. The van der Waals surface area contributed by atoms with Crippen molar-refractivity contribution in [1.29, 1.82) is 0 Å². The lowest BCUT2D eigenvalue weighted by Gasteiger charge is -2.12. The van der Waals surface area contributed by atoms with Crippen molar-refractivity contribution in [3.63, 3.8) is 0 Å². The van der Waals surface area contributed by atoms with Crippen LogP contribution >= 0.6 is 31.9 Å². The largest absolute Gasteiger partial charge is 0.482 e. The highest BCUT2D eigenvalue weighted by molar-refractivity contribution is 9.11. The number of aryl methyl sites for hydroxylation is 1. The SMILES string of the molecule is Cc1cc(Br)cc(Br)c1OCC(=O)NNC(=O)c1ccc(NC(=O)C(C)C)cc1. The Morgan fingerprint density at radius 1 is 1.03 bits per heavy atom. The Bertz CT molecular complexity index is 891. The molecule has 0 spiro atoms. The molecular formula is C20H21Br2N3O4. The number of amides is 3. The minimum absolute atomic E-state index is 0.109. The molecule has 0 aliphatic rings. The average Bonchev–Trinajstić information content (AvgIpc) is 2.65. The molecule has 7 nitrogen and oxygen atoms in total. The molecule has 0 heterocycles. The smallest absolute Gasteiger partial charge is 0.276 e. The van der Waals surface area contributed by atoms with Crippen LogP contribution in [0.5, 0.6) is 5.75 Å². The van der Waals surface area contributed by atoms with E-state index in [2.05, 4.69) is 48.0 Å². The van der Waals surface area contributed by atoms with Crippen LogP contribution in [0.4, 0.5) is 5.69 Å². The second-order valence-corrected chi connectivity index (χ2v) is 8.32. The fraction of sp³-hybridized carbons (Fsp3) is 0.250. The lowest BCUT2D eigenvalue weighted by Crippen LogP contribution is -2.43. The van der Waals surface area contributed by atoms with Crippen LogP contribution in [0.15, 0.2) is 45.3 Å². The monoisotopic (exact) mass is 525 g/mol. The van der Waals surface area contributed by atoms with E-state index in [-0.39, 0.29) is 18.4 Å². The highest BCUT2D eigenvalue weighted by Crippen LogP contribution is 2.32. The number of anilines is 1. The first-order chi connectivity index (χ1) is 13.7. The molecule has 2 aromatic carbocycles. The molecule has 0 aliphatic carbocycles. The second-order valence-electron chi connectivity index (χ2n) is 6.55. The Labute approximate surface area is 185 Å². The molecule has 0 saturated heterocycles. The molecule has 0 saturated carbocycles. The molecular weight excluding hydrogens is 506 g/mol. The van der Waals surface area contributed by atoms with E-state index in [1.54, 1.807) is 38.1 Å². The van der Waals surface area contributed by atoms with E-state index in [0.717, 1.165) is 10.0 Å². The Balaban J connectivity index is 1.84. The number of benzene rings is 2. The van der Waals surface area contributed by atoms with Crippen LogP contribution < -0.4 is 20.9 Å². The zero-order valence-corrected chi connectivity index (χ0v) is 19.3. The molecule has 3 N–H and O–H groups in total. The van der Waals surface area contributed by atoms with Crippen LogP contribution in [0.3, 0.4) is 0 Å². The van der Waals surface area contributed by atoms with Crippen LogP contribution in [0.1, 0.15) is 29.8 Å². The van der Waals surface area contributed by atoms with Gasteiger partial charge in [-0.15, -0.1) is 0 Å². The first-order valence-corrected chi connectivity index (χ1v) is 10.3. The van der Waals surface area contributed by atoms with Gasteiger partial charge in [0, 0.05) is 21.6 Å². The molecule has 9 heteroatoms. The van der Waals surface area contributed by atoms with E-state index in [1.807, 2.05) is 19.1 Å². The summed E-state index contributed by atoms with van der Waals surface area (Å²) in [5, 5.41) is 2.74. The maximum absolute atomic E-state index is 12.1. The van der Waals surface area contributed by atoms with Crippen LogP contribution in [-0.2, 0) is 9.59 Å². The van der Waals surface area contributed by atoms with Gasteiger partial charge in [0.2, 0.25) is 5.91 Å². The van der Waals surface area contributed by atoms with Crippen molar-refractivity contribution >= 4 is 55.3 Å². The molecule has 3 amide bonds. The highest BCUT2D eigenvalue weighted by atomic mass is 79.9. The predicted molar refractivity (Wildman–Crippen MR) is 118 cm³/mol. The minimum Gasteiger partial charge on any atom is -0.482 e. The molecule has 0 bridgehead atoms. The van der Waals surface area contributed by atoms with Gasteiger partial charge in [0.1, 0.15) is 5.75 Å². The zero-order chi connectivity index (χ0) is 21.6. The summed E-state index contributed by atoms with van der Waals surface area (Å²) in [5.41, 5.74) is 6.41. The fourth-order valence-corrected chi connectivity index (χ4v) is 3.79. The first-order valence-electron chi connectivity index (χ1n) is 8.76. The zero-order valence-electron chi connectivity index (χ0n) is 16.1. The van der Waals surface area contributed by atoms with Crippen LogP contribution in [0.25, 0.3) is 0 Å². The van der Waals surface area contributed by atoms with Gasteiger partial charge >= 0.3 is 0 Å².